The van der Waals surface area contributed by atoms with Gasteiger partial charge in [-0.1, -0.05) is 12.1 Å². The zero-order valence-corrected chi connectivity index (χ0v) is 12.3. The molecule has 8 heteroatoms. The Morgan fingerprint density at radius 2 is 2.13 bits per heavy atom. The lowest BCUT2D eigenvalue weighted by Crippen LogP contribution is -2.28. The molecule has 2 N–H and O–H groups in total. The third-order valence-electron chi connectivity index (χ3n) is 4.32. The number of nitrogens with zero attached hydrogens (tertiary/aromatic N) is 6. The minimum Gasteiger partial charge on any atom is -0.351 e. The van der Waals surface area contributed by atoms with Gasteiger partial charge in [0, 0.05) is 12.2 Å². The average molecular weight is 306 g/mol. The molecule has 0 unspecified atom stereocenters. The quantitative estimate of drug-likeness (QED) is 0.586. The first kappa shape index (κ1) is 12.5. The van der Waals surface area contributed by atoms with Gasteiger partial charge in [-0.05, 0) is 41.8 Å². The highest BCUT2D eigenvalue weighted by atomic mass is 15.5. The molecule has 1 aliphatic heterocycles. The highest BCUT2D eigenvalue weighted by Gasteiger charge is 2.24. The minimum absolute atomic E-state index is 0.483. The van der Waals surface area contributed by atoms with Crippen LogP contribution in [0.1, 0.15) is 19.3 Å². The second-order valence-electron chi connectivity index (χ2n) is 5.78. The van der Waals surface area contributed by atoms with E-state index < -0.39 is 0 Å². The second-order valence-corrected chi connectivity index (χ2v) is 5.78. The maximum Gasteiger partial charge on any atom is 0.224 e. The van der Waals surface area contributed by atoms with Crippen LogP contribution in [0.2, 0.25) is 0 Å². The summed E-state index contributed by atoms with van der Waals surface area (Å²) in [6, 6.07) is 8.36. The third kappa shape index (κ3) is 1.95. The van der Waals surface area contributed by atoms with E-state index in [2.05, 4.69) is 36.1 Å². The van der Waals surface area contributed by atoms with E-state index in [1.807, 2.05) is 24.3 Å². The fourth-order valence-corrected chi connectivity index (χ4v) is 2.85. The van der Waals surface area contributed by atoms with E-state index in [9.17, 15) is 0 Å². The SMILES string of the molecule is c1ccc2c(c1)Nc1nc(NC3CCC3)ncc1-c1nnnn1-2. The van der Waals surface area contributed by atoms with Gasteiger partial charge >= 0.3 is 0 Å². The first-order chi connectivity index (χ1) is 11.4. The Morgan fingerprint density at radius 1 is 1.22 bits per heavy atom. The summed E-state index contributed by atoms with van der Waals surface area (Å²) in [4.78, 5) is 9.06. The Labute approximate surface area is 132 Å². The lowest BCUT2D eigenvalue weighted by atomic mass is 9.93. The smallest absolute Gasteiger partial charge is 0.224 e. The Morgan fingerprint density at radius 3 is 3.00 bits per heavy atom. The normalized spacial score (nSPS) is 15.5. The molecule has 114 valence electrons. The Hall–Kier alpha value is -3.03. The summed E-state index contributed by atoms with van der Waals surface area (Å²) in [6.45, 7) is 0. The summed E-state index contributed by atoms with van der Waals surface area (Å²) in [5.74, 6) is 1.98. The van der Waals surface area contributed by atoms with E-state index in [0.717, 1.165) is 16.9 Å². The van der Waals surface area contributed by atoms with Crippen molar-refractivity contribution in [1.82, 2.24) is 30.2 Å². The van der Waals surface area contributed by atoms with Crippen LogP contribution in [-0.2, 0) is 0 Å². The Balaban J connectivity index is 1.64. The van der Waals surface area contributed by atoms with Crippen LogP contribution in [-0.4, -0.2) is 36.2 Å². The standard InChI is InChI=1S/C15H14N8/c1-2-7-12-11(6-1)18-13-10(14-20-21-22-23(12)14)8-16-15(19-13)17-9-4-3-5-9/h1-2,6-9H,3-5H2,(H2,16,17,18,19). The maximum atomic E-state index is 4.63. The van der Waals surface area contributed by atoms with Crippen LogP contribution in [0.25, 0.3) is 17.1 Å². The van der Waals surface area contributed by atoms with E-state index in [0.29, 0.717) is 23.6 Å². The van der Waals surface area contributed by atoms with Gasteiger partial charge in [0.2, 0.25) is 5.95 Å². The predicted molar refractivity (Wildman–Crippen MR) is 84.7 cm³/mol. The summed E-state index contributed by atoms with van der Waals surface area (Å²) in [7, 11) is 0. The highest BCUT2D eigenvalue weighted by molar-refractivity contribution is 5.81. The van der Waals surface area contributed by atoms with Crippen LogP contribution in [0.3, 0.4) is 0 Å². The molecule has 8 nitrogen and oxygen atoms in total. The van der Waals surface area contributed by atoms with E-state index >= 15 is 0 Å². The van der Waals surface area contributed by atoms with Crippen molar-refractivity contribution < 1.29 is 0 Å². The second kappa shape index (κ2) is 4.73. The van der Waals surface area contributed by atoms with Crippen LogP contribution in [0.5, 0.6) is 0 Å². The van der Waals surface area contributed by atoms with Gasteiger partial charge in [-0.2, -0.15) is 9.67 Å². The van der Waals surface area contributed by atoms with Crippen LogP contribution < -0.4 is 10.6 Å². The van der Waals surface area contributed by atoms with Crippen molar-refractivity contribution in [3.63, 3.8) is 0 Å². The van der Waals surface area contributed by atoms with Crippen LogP contribution in [0.15, 0.2) is 30.5 Å². The van der Waals surface area contributed by atoms with Crippen LogP contribution in [0, 0.1) is 0 Å². The van der Waals surface area contributed by atoms with E-state index in [1.54, 1.807) is 10.9 Å². The summed E-state index contributed by atoms with van der Waals surface area (Å²) < 4.78 is 1.70. The fourth-order valence-electron chi connectivity index (χ4n) is 2.85. The van der Waals surface area contributed by atoms with Gasteiger partial charge < -0.3 is 10.6 Å². The van der Waals surface area contributed by atoms with Crippen molar-refractivity contribution in [1.29, 1.82) is 0 Å². The van der Waals surface area contributed by atoms with Gasteiger partial charge in [0.1, 0.15) is 5.82 Å². The monoisotopic (exact) mass is 306 g/mol. The molecule has 1 aromatic carbocycles. The van der Waals surface area contributed by atoms with E-state index in [-0.39, 0.29) is 0 Å². The zero-order valence-electron chi connectivity index (χ0n) is 12.3. The lowest BCUT2D eigenvalue weighted by molar-refractivity contribution is 0.443. The summed E-state index contributed by atoms with van der Waals surface area (Å²) in [5, 5.41) is 18.8. The molecule has 23 heavy (non-hydrogen) atoms. The molecule has 3 aromatic rings. The molecule has 0 saturated heterocycles. The molecule has 1 saturated carbocycles. The number of hydrogen-bond donors (Lipinski definition) is 2. The third-order valence-corrected chi connectivity index (χ3v) is 4.32. The van der Waals surface area contributed by atoms with Crippen molar-refractivity contribution in [2.24, 2.45) is 0 Å². The van der Waals surface area contributed by atoms with Gasteiger partial charge in [0.25, 0.3) is 0 Å². The van der Waals surface area contributed by atoms with Gasteiger partial charge in [-0.3, -0.25) is 0 Å². The number of nitrogens with one attached hydrogen (secondary N) is 2. The molecule has 0 atom stereocenters. The molecule has 2 aromatic heterocycles. The molecular formula is C15H14N8. The molecular weight excluding hydrogens is 292 g/mol. The number of anilines is 3. The Kier molecular flexibility index (Phi) is 2.57. The number of rotatable bonds is 2. The van der Waals surface area contributed by atoms with Crippen molar-refractivity contribution in [2.45, 2.75) is 25.3 Å². The topological polar surface area (TPSA) is 93.4 Å². The van der Waals surface area contributed by atoms with Gasteiger partial charge in [0.05, 0.1) is 16.9 Å². The first-order valence-corrected chi connectivity index (χ1v) is 7.67. The van der Waals surface area contributed by atoms with Crippen molar-refractivity contribution in [3.05, 3.63) is 30.5 Å². The largest absolute Gasteiger partial charge is 0.351 e. The number of aromatic nitrogens is 6. The van der Waals surface area contributed by atoms with Gasteiger partial charge in [-0.15, -0.1) is 5.10 Å². The summed E-state index contributed by atoms with van der Waals surface area (Å²) in [5.41, 5.74) is 2.58. The molecule has 0 spiro atoms. The van der Waals surface area contributed by atoms with E-state index in [1.165, 1.54) is 19.3 Å². The number of hydrogen-bond acceptors (Lipinski definition) is 7. The highest BCUT2D eigenvalue weighted by Crippen LogP contribution is 2.35. The molecule has 1 aliphatic carbocycles. The van der Waals surface area contributed by atoms with Crippen LogP contribution in [0.4, 0.5) is 17.5 Å². The maximum absolute atomic E-state index is 4.63. The van der Waals surface area contributed by atoms with E-state index in [4.69, 9.17) is 0 Å². The lowest BCUT2D eigenvalue weighted by Gasteiger charge is -2.26. The molecule has 5 rings (SSSR count). The van der Waals surface area contributed by atoms with Gasteiger partial charge in [-0.25, -0.2) is 4.98 Å². The van der Waals surface area contributed by atoms with Crippen LogP contribution >= 0.6 is 0 Å². The molecule has 0 amide bonds. The predicted octanol–water partition coefficient (Wildman–Crippen LogP) is 2.14. The number of benzene rings is 1. The zero-order chi connectivity index (χ0) is 15.2. The summed E-state index contributed by atoms with van der Waals surface area (Å²) >= 11 is 0. The van der Waals surface area contributed by atoms with Crippen molar-refractivity contribution in [3.8, 4) is 17.1 Å². The summed E-state index contributed by atoms with van der Waals surface area (Å²) in [6.07, 6.45) is 5.39. The van der Waals surface area contributed by atoms with Crippen molar-refractivity contribution in [2.75, 3.05) is 10.6 Å². The van der Waals surface area contributed by atoms with Gasteiger partial charge in [0.15, 0.2) is 5.82 Å². The number of fused-ring (bicyclic) bond motifs is 5. The Bertz CT molecular complexity index is 883. The molecule has 0 bridgehead atoms. The average Bonchev–Trinajstić information content (AvgIpc) is 2.96. The fraction of sp³-hybridized carbons (Fsp3) is 0.267. The number of para-hydroxylation sites is 2. The minimum atomic E-state index is 0.483. The molecule has 2 aliphatic rings. The molecule has 1 fully saturated rings. The number of tetrazole rings is 1. The molecule has 0 radical (unpaired) electrons. The first-order valence-electron chi connectivity index (χ1n) is 7.67. The van der Waals surface area contributed by atoms with Crippen molar-refractivity contribution >= 4 is 17.5 Å². The molecule has 3 heterocycles.